The van der Waals surface area contributed by atoms with Crippen molar-refractivity contribution in [2.75, 3.05) is 44.7 Å². The number of amides is 2. The molecular weight excluding hydrogens is 427 g/mol. The van der Waals surface area contributed by atoms with Crippen LogP contribution in [0.3, 0.4) is 0 Å². The molecule has 3 heterocycles. The molecule has 0 aliphatic carbocycles. The number of morpholine rings is 1. The van der Waals surface area contributed by atoms with Gasteiger partial charge in [0, 0.05) is 17.7 Å². The van der Waals surface area contributed by atoms with Crippen molar-refractivity contribution in [2.24, 2.45) is 0 Å². The smallest absolute Gasteiger partial charge is 0.379 e. The fraction of sp³-hybridized carbons (Fsp3) is 0.538. The van der Waals surface area contributed by atoms with Crippen LogP contribution in [0.25, 0.3) is 0 Å². The van der Waals surface area contributed by atoms with Crippen LogP contribution in [0.15, 0.2) is 10.8 Å². The first kappa shape index (κ1) is 18.9. The highest BCUT2D eigenvalue weighted by Crippen LogP contribution is 2.37. The molecule has 1 saturated heterocycles. The van der Waals surface area contributed by atoms with Gasteiger partial charge in [0.2, 0.25) is 5.82 Å². The Balaban J connectivity index is 1.93. The molecule has 13 heteroatoms. The molecule has 0 spiro atoms. The van der Waals surface area contributed by atoms with Crippen LogP contribution in [0.2, 0.25) is 0 Å². The number of hydrogen-bond acceptors (Lipinski definition) is 7. The van der Waals surface area contributed by atoms with Crippen molar-refractivity contribution in [3.05, 3.63) is 10.8 Å². The van der Waals surface area contributed by atoms with Crippen molar-refractivity contribution in [2.45, 2.75) is 6.18 Å². The highest BCUT2D eigenvalue weighted by Gasteiger charge is 2.59. The summed E-state index contributed by atoms with van der Waals surface area (Å²) < 4.78 is 42.3. The van der Waals surface area contributed by atoms with Gasteiger partial charge in [0.1, 0.15) is 11.1 Å². The van der Waals surface area contributed by atoms with E-state index in [2.05, 4.69) is 36.1 Å². The first-order valence-corrected chi connectivity index (χ1v) is 8.35. The molecule has 0 saturated carbocycles. The van der Waals surface area contributed by atoms with Crippen molar-refractivity contribution in [3.63, 3.8) is 0 Å². The molecule has 1 aromatic heterocycles. The zero-order chi connectivity index (χ0) is 18.9. The molecule has 0 aromatic carbocycles. The second kappa shape index (κ2) is 7.06. The Kier molecular flexibility index (Phi) is 5.14. The third-order valence-electron chi connectivity index (χ3n) is 3.93. The molecule has 0 radical (unpaired) electrons. The van der Waals surface area contributed by atoms with Crippen molar-refractivity contribution in [3.8, 4) is 0 Å². The fourth-order valence-electron chi connectivity index (χ4n) is 2.62. The van der Waals surface area contributed by atoms with E-state index in [1.165, 1.54) is 6.20 Å². The van der Waals surface area contributed by atoms with Crippen LogP contribution < -0.4 is 9.96 Å². The molecule has 26 heavy (non-hydrogen) atoms. The van der Waals surface area contributed by atoms with Crippen molar-refractivity contribution < 1.29 is 32.3 Å². The number of carbonyl (C=O) groups excluding carboxylic acids is 2. The van der Waals surface area contributed by atoms with Crippen molar-refractivity contribution >= 4 is 39.6 Å². The lowest BCUT2D eigenvalue weighted by Crippen LogP contribution is -2.59. The van der Waals surface area contributed by atoms with E-state index in [0.717, 1.165) is 0 Å². The van der Waals surface area contributed by atoms with E-state index >= 15 is 0 Å². The number of rotatable bonds is 4. The third kappa shape index (κ3) is 3.65. The van der Waals surface area contributed by atoms with E-state index in [-0.39, 0.29) is 29.3 Å². The first-order chi connectivity index (χ1) is 12.2. The number of quaternary nitrogens is 1. The lowest BCUT2D eigenvalue weighted by atomic mass is 10.4. The molecule has 1 N–H and O–H groups in total. The number of carbonyl (C=O) groups is 2. The van der Waals surface area contributed by atoms with Gasteiger partial charge in [-0.05, 0) is 15.9 Å². The summed E-state index contributed by atoms with van der Waals surface area (Å²) in [6.45, 7) is 1.96. The molecule has 2 amide bonds. The van der Waals surface area contributed by atoms with Gasteiger partial charge >= 0.3 is 24.0 Å². The quantitative estimate of drug-likeness (QED) is 0.707. The maximum absolute atomic E-state index is 12.8. The van der Waals surface area contributed by atoms with Crippen LogP contribution in [-0.2, 0) is 14.4 Å². The Morgan fingerprint density at radius 1 is 1.42 bits per heavy atom. The number of urea groups is 1. The second-order valence-electron chi connectivity index (χ2n) is 5.59. The molecule has 1 aromatic rings. The van der Waals surface area contributed by atoms with Gasteiger partial charge in [0.25, 0.3) is 0 Å². The number of halogens is 4. The number of anilines is 1. The van der Waals surface area contributed by atoms with Gasteiger partial charge in [-0.3, -0.25) is 4.90 Å². The van der Waals surface area contributed by atoms with Gasteiger partial charge < -0.3 is 4.74 Å². The molecule has 0 bridgehead atoms. The van der Waals surface area contributed by atoms with Crippen LogP contribution in [-0.4, -0.2) is 72.4 Å². The predicted octanol–water partition coefficient (Wildman–Crippen LogP) is 1.44. The summed E-state index contributed by atoms with van der Waals surface area (Å²) in [5.74, 6) is -2.75. The van der Waals surface area contributed by atoms with E-state index < -0.39 is 22.8 Å². The predicted molar refractivity (Wildman–Crippen MR) is 84.8 cm³/mol. The Morgan fingerprint density at radius 2 is 2.12 bits per heavy atom. The summed E-state index contributed by atoms with van der Waals surface area (Å²) in [7, 11) is 0. The maximum Gasteiger partial charge on any atom is 0.497 e. The van der Waals surface area contributed by atoms with Crippen LogP contribution in [0.5, 0.6) is 0 Å². The summed E-state index contributed by atoms with van der Waals surface area (Å²) in [6.07, 6.45) is -3.99. The summed E-state index contributed by atoms with van der Waals surface area (Å²) >= 11 is 3.06. The average Bonchev–Trinajstić information content (AvgIpc) is 2.85. The van der Waals surface area contributed by atoms with Gasteiger partial charge in [-0.1, -0.05) is 0 Å². The lowest BCUT2D eigenvalue weighted by molar-refractivity contribution is -0.225. The van der Waals surface area contributed by atoms with E-state index in [1.54, 1.807) is 0 Å². The number of hydroxylamine groups is 2. The fourth-order valence-corrected chi connectivity index (χ4v) is 2.89. The van der Waals surface area contributed by atoms with E-state index in [1.807, 2.05) is 4.90 Å². The van der Waals surface area contributed by atoms with Gasteiger partial charge in [0.05, 0.1) is 26.0 Å². The number of aromatic nitrogens is 2. The van der Waals surface area contributed by atoms with Crippen LogP contribution >= 0.6 is 15.9 Å². The summed E-state index contributed by atoms with van der Waals surface area (Å²) in [5, 5.41) is 2.31. The molecule has 142 valence electrons. The number of nitrogens with one attached hydrogen (secondary N) is 1. The topological polar surface area (TPSA) is 93.6 Å². The Hall–Kier alpha value is -1.83. The molecule has 1 atom stereocenters. The third-order valence-corrected chi connectivity index (χ3v) is 4.31. The first-order valence-electron chi connectivity index (χ1n) is 7.56. The van der Waals surface area contributed by atoms with Crippen LogP contribution in [0.4, 0.5) is 29.6 Å². The molecule has 3 rings (SSSR count). The molecule has 1 fully saturated rings. The Bertz CT molecular complexity index is 728. The molecule has 2 aliphatic heterocycles. The molecule has 1 unspecified atom stereocenters. The van der Waals surface area contributed by atoms with Crippen molar-refractivity contribution in [1.82, 2.24) is 19.5 Å². The number of hydrogen-bond donors (Lipinski definition) is 1. The Morgan fingerprint density at radius 3 is 2.77 bits per heavy atom. The zero-order valence-corrected chi connectivity index (χ0v) is 14.8. The minimum absolute atomic E-state index is 0.0600. The second-order valence-corrected chi connectivity index (χ2v) is 6.40. The highest BCUT2D eigenvalue weighted by molar-refractivity contribution is 9.10. The monoisotopic (exact) mass is 440 g/mol. The average molecular weight is 441 g/mol. The number of fused-ring (bicyclic) bond motifs is 1. The summed E-state index contributed by atoms with van der Waals surface area (Å²) in [4.78, 5) is 38.4. The molecular formula is C13H14BrF3N5O4+. The van der Waals surface area contributed by atoms with Crippen molar-refractivity contribution in [1.29, 1.82) is 0 Å². The number of alkyl halides is 3. The van der Waals surface area contributed by atoms with Crippen LogP contribution in [0.1, 0.15) is 0 Å². The summed E-state index contributed by atoms with van der Waals surface area (Å²) in [6, 6.07) is -0.969. The van der Waals surface area contributed by atoms with E-state index in [9.17, 15) is 22.8 Å². The summed E-state index contributed by atoms with van der Waals surface area (Å²) in [5.41, 5.74) is 0. The van der Waals surface area contributed by atoms with E-state index in [4.69, 9.17) is 4.74 Å². The Labute approximate surface area is 153 Å². The van der Waals surface area contributed by atoms with Gasteiger partial charge in [0.15, 0.2) is 0 Å². The number of ether oxygens (including phenoxy) is 1. The normalized spacial score (nSPS) is 23.5. The number of nitrogens with zero attached hydrogens (tertiary/aromatic N) is 4. The van der Waals surface area contributed by atoms with E-state index in [0.29, 0.717) is 26.3 Å². The van der Waals surface area contributed by atoms with Crippen LogP contribution in [0, 0.1) is 0 Å². The standard InChI is InChI=1S/C13H13BrF3N5O4/c14-8-7-18-9-10(19-8)22(12(24)20-9,26-11(23)13(15,16)17)4-1-21-2-5-25-6-3-21/h7H,1-6H2/p+1. The minimum atomic E-state index is -5.26. The molecule has 2 aliphatic rings. The molecule has 9 nitrogen and oxygen atoms in total. The lowest BCUT2D eigenvalue weighted by Gasteiger charge is -2.30. The zero-order valence-electron chi connectivity index (χ0n) is 13.3. The largest absolute Gasteiger partial charge is 0.497 e. The van der Waals surface area contributed by atoms with Gasteiger partial charge in [-0.15, -0.1) is 0 Å². The minimum Gasteiger partial charge on any atom is -0.379 e. The maximum atomic E-state index is 12.8. The highest BCUT2D eigenvalue weighted by atomic mass is 79.9. The van der Waals surface area contributed by atoms with Gasteiger partial charge in [-0.2, -0.15) is 18.2 Å². The van der Waals surface area contributed by atoms with Gasteiger partial charge in [-0.25, -0.2) is 24.7 Å². The SMILES string of the molecule is O=C(O[N+]1(CCN2CCOCC2)C(=O)Nc2ncc(Br)nc21)C(F)(F)F.